The van der Waals surface area contributed by atoms with E-state index in [4.69, 9.17) is 0 Å². The van der Waals surface area contributed by atoms with Gasteiger partial charge in [0.05, 0.1) is 0 Å². The maximum Gasteiger partial charge on any atom is 0.0297 e. The number of hydrogen-bond donors (Lipinski definition) is 1. The monoisotopic (exact) mass is 256 g/mol. The van der Waals surface area contributed by atoms with Crippen LogP contribution in [0.15, 0.2) is 42.5 Å². The smallest absolute Gasteiger partial charge is 0.0297 e. The molecule has 0 saturated heterocycles. The van der Waals surface area contributed by atoms with Gasteiger partial charge < -0.3 is 10.2 Å². The molecule has 0 aliphatic rings. The average Bonchev–Trinajstić information content (AvgIpc) is 2.42. The summed E-state index contributed by atoms with van der Waals surface area (Å²) in [4.78, 5) is 2.23. The van der Waals surface area contributed by atoms with E-state index in [9.17, 15) is 0 Å². The van der Waals surface area contributed by atoms with Crippen molar-refractivity contribution in [3.05, 3.63) is 48.0 Å². The molecule has 1 N–H and O–H groups in total. The van der Waals surface area contributed by atoms with Crippen LogP contribution in [0.4, 0.5) is 0 Å². The Morgan fingerprint density at radius 2 is 1.79 bits per heavy atom. The molecule has 0 bridgehead atoms. The van der Waals surface area contributed by atoms with Crippen LogP contribution in [-0.4, -0.2) is 32.1 Å². The second kappa shape index (κ2) is 6.69. The van der Waals surface area contributed by atoms with Gasteiger partial charge in [0.2, 0.25) is 0 Å². The van der Waals surface area contributed by atoms with Crippen LogP contribution in [-0.2, 0) is 0 Å². The van der Waals surface area contributed by atoms with Gasteiger partial charge in [0, 0.05) is 6.04 Å². The Balaban J connectivity index is 2.03. The number of hydrogen-bond acceptors (Lipinski definition) is 2. The highest BCUT2D eigenvalue weighted by molar-refractivity contribution is 5.86. The Bertz CT molecular complexity index is 514. The van der Waals surface area contributed by atoms with Crippen molar-refractivity contribution in [1.82, 2.24) is 10.2 Å². The van der Waals surface area contributed by atoms with Gasteiger partial charge in [-0.15, -0.1) is 0 Å². The fraction of sp³-hybridized carbons (Fsp3) is 0.412. The van der Waals surface area contributed by atoms with Crippen molar-refractivity contribution in [3.63, 3.8) is 0 Å². The highest BCUT2D eigenvalue weighted by atomic mass is 15.1. The zero-order valence-corrected chi connectivity index (χ0v) is 12.2. The van der Waals surface area contributed by atoms with Gasteiger partial charge in [-0.25, -0.2) is 0 Å². The van der Waals surface area contributed by atoms with Crippen molar-refractivity contribution < 1.29 is 0 Å². The lowest BCUT2D eigenvalue weighted by Gasteiger charge is -2.17. The predicted octanol–water partition coefficient (Wildman–Crippen LogP) is 3.44. The second-order valence-corrected chi connectivity index (χ2v) is 5.40. The molecule has 1 atom stereocenters. The number of nitrogens with zero attached hydrogens (tertiary/aromatic N) is 1. The first-order valence-corrected chi connectivity index (χ1v) is 7.04. The van der Waals surface area contributed by atoms with E-state index >= 15 is 0 Å². The highest BCUT2D eigenvalue weighted by Gasteiger charge is 2.07. The van der Waals surface area contributed by atoms with E-state index in [-0.39, 0.29) is 0 Å². The maximum atomic E-state index is 3.62. The summed E-state index contributed by atoms with van der Waals surface area (Å²) >= 11 is 0. The van der Waals surface area contributed by atoms with Crippen molar-refractivity contribution >= 4 is 10.8 Å². The van der Waals surface area contributed by atoms with E-state index in [1.54, 1.807) is 0 Å². The van der Waals surface area contributed by atoms with Crippen molar-refractivity contribution in [3.8, 4) is 0 Å². The molecule has 0 aliphatic heterocycles. The summed E-state index contributed by atoms with van der Waals surface area (Å²) in [5.41, 5.74) is 1.39. The summed E-state index contributed by atoms with van der Waals surface area (Å²) < 4.78 is 0. The van der Waals surface area contributed by atoms with Crippen molar-refractivity contribution in [1.29, 1.82) is 0 Å². The number of rotatable bonds is 6. The molecule has 0 heterocycles. The molecule has 2 aromatic carbocycles. The maximum absolute atomic E-state index is 3.62. The van der Waals surface area contributed by atoms with Gasteiger partial charge in [-0.1, -0.05) is 42.5 Å². The van der Waals surface area contributed by atoms with Gasteiger partial charge in [-0.05, 0) is 56.9 Å². The van der Waals surface area contributed by atoms with Gasteiger partial charge in [0.1, 0.15) is 0 Å². The van der Waals surface area contributed by atoms with E-state index in [1.807, 2.05) is 0 Å². The van der Waals surface area contributed by atoms with E-state index in [0.717, 1.165) is 13.1 Å². The molecule has 2 aromatic rings. The predicted molar refractivity (Wildman–Crippen MR) is 83.5 cm³/mol. The van der Waals surface area contributed by atoms with Crippen LogP contribution in [0.2, 0.25) is 0 Å². The number of nitrogens with one attached hydrogen (secondary N) is 1. The van der Waals surface area contributed by atoms with Crippen LogP contribution < -0.4 is 5.32 Å². The Kier molecular flexibility index (Phi) is 4.94. The third kappa shape index (κ3) is 3.79. The Hall–Kier alpha value is -1.38. The lowest BCUT2D eigenvalue weighted by molar-refractivity contribution is 0.389. The molecule has 0 amide bonds. The van der Waals surface area contributed by atoms with Crippen LogP contribution in [0.3, 0.4) is 0 Å². The molecule has 0 aromatic heterocycles. The molecule has 0 unspecified atom stereocenters. The molecular formula is C17H24N2. The van der Waals surface area contributed by atoms with Crippen LogP contribution in [0.1, 0.15) is 24.9 Å². The van der Waals surface area contributed by atoms with Crippen LogP contribution >= 0.6 is 0 Å². The Labute approximate surface area is 116 Å². The largest absolute Gasteiger partial charge is 0.310 e. The molecule has 2 heteroatoms. The lowest BCUT2D eigenvalue weighted by Crippen LogP contribution is -2.23. The standard InChI is InChI=1S/C17H24N2/c1-14(18-12-7-13-19(2)3)16-11-6-9-15-8-4-5-10-17(15)16/h4-6,8-11,14,18H,7,12-13H2,1-3H3/t14-/m1/s1. The molecule has 102 valence electrons. The second-order valence-electron chi connectivity index (χ2n) is 5.40. The van der Waals surface area contributed by atoms with Crippen molar-refractivity contribution in [2.75, 3.05) is 27.2 Å². The van der Waals surface area contributed by atoms with Gasteiger partial charge in [-0.2, -0.15) is 0 Å². The van der Waals surface area contributed by atoms with Crippen LogP contribution in [0, 0.1) is 0 Å². The minimum absolute atomic E-state index is 0.397. The zero-order valence-electron chi connectivity index (χ0n) is 12.2. The first kappa shape index (κ1) is 14.0. The minimum Gasteiger partial charge on any atom is -0.310 e. The quantitative estimate of drug-likeness (QED) is 0.796. The Morgan fingerprint density at radius 1 is 1.05 bits per heavy atom. The van der Waals surface area contributed by atoms with Crippen molar-refractivity contribution in [2.24, 2.45) is 0 Å². The van der Waals surface area contributed by atoms with Gasteiger partial charge in [0.25, 0.3) is 0 Å². The summed E-state index contributed by atoms with van der Waals surface area (Å²) in [6.45, 7) is 4.44. The number of benzene rings is 2. The summed E-state index contributed by atoms with van der Waals surface area (Å²) in [7, 11) is 4.24. The molecule has 2 rings (SSSR count). The molecule has 19 heavy (non-hydrogen) atoms. The SMILES string of the molecule is C[C@@H](NCCCN(C)C)c1cccc2ccccc12. The molecule has 0 aliphatic carbocycles. The average molecular weight is 256 g/mol. The summed E-state index contributed by atoms with van der Waals surface area (Å²) in [6, 6.07) is 15.6. The van der Waals surface area contributed by atoms with Crippen LogP contribution in [0.25, 0.3) is 10.8 Å². The fourth-order valence-electron chi connectivity index (χ4n) is 2.45. The molecule has 0 saturated carbocycles. The van der Waals surface area contributed by atoms with Crippen LogP contribution in [0.5, 0.6) is 0 Å². The van der Waals surface area contributed by atoms with Gasteiger partial charge in [-0.3, -0.25) is 0 Å². The Morgan fingerprint density at radius 3 is 2.58 bits per heavy atom. The highest BCUT2D eigenvalue weighted by Crippen LogP contribution is 2.23. The topological polar surface area (TPSA) is 15.3 Å². The first-order valence-electron chi connectivity index (χ1n) is 7.04. The van der Waals surface area contributed by atoms with E-state index in [2.05, 4.69) is 73.7 Å². The van der Waals surface area contributed by atoms with E-state index in [1.165, 1.54) is 22.8 Å². The van der Waals surface area contributed by atoms with Crippen molar-refractivity contribution in [2.45, 2.75) is 19.4 Å². The molecule has 0 radical (unpaired) electrons. The van der Waals surface area contributed by atoms with Gasteiger partial charge in [0.15, 0.2) is 0 Å². The van der Waals surface area contributed by atoms with E-state index < -0.39 is 0 Å². The lowest BCUT2D eigenvalue weighted by atomic mass is 10.00. The molecular weight excluding hydrogens is 232 g/mol. The third-order valence-corrected chi connectivity index (χ3v) is 3.52. The fourth-order valence-corrected chi connectivity index (χ4v) is 2.45. The molecule has 2 nitrogen and oxygen atoms in total. The third-order valence-electron chi connectivity index (χ3n) is 3.52. The summed E-state index contributed by atoms with van der Waals surface area (Å²) in [5.74, 6) is 0. The summed E-state index contributed by atoms with van der Waals surface area (Å²) in [6.07, 6.45) is 1.18. The normalized spacial score (nSPS) is 13.1. The molecule has 0 fully saturated rings. The van der Waals surface area contributed by atoms with Gasteiger partial charge >= 0.3 is 0 Å². The summed E-state index contributed by atoms with van der Waals surface area (Å²) in [5, 5.41) is 6.30. The zero-order chi connectivity index (χ0) is 13.7. The molecule has 0 spiro atoms. The van der Waals surface area contributed by atoms with E-state index in [0.29, 0.717) is 6.04 Å². The minimum atomic E-state index is 0.397. The first-order chi connectivity index (χ1) is 9.18. The number of fused-ring (bicyclic) bond motifs is 1.